The summed E-state index contributed by atoms with van der Waals surface area (Å²) in [5.74, 6) is 0. The first-order valence-electron chi connectivity index (χ1n) is 4.72. The molecule has 72 valence electrons. The van der Waals surface area contributed by atoms with Crippen molar-refractivity contribution in [3.63, 3.8) is 0 Å². The van der Waals surface area contributed by atoms with Crippen LogP contribution < -0.4 is 0 Å². The second-order valence-electron chi connectivity index (χ2n) is 4.89. The molecule has 0 bridgehead atoms. The smallest absolute Gasteiger partial charge is 0.0638 e. The van der Waals surface area contributed by atoms with Crippen molar-refractivity contribution in [1.82, 2.24) is 0 Å². The van der Waals surface area contributed by atoms with Gasteiger partial charge in [-0.25, -0.2) is 0 Å². The molecule has 0 N–H and O–H groups in total. The van der Waals surface area contributed by atoms with E-state index in [0.717, 1.165) is 13.0 Å². The Morgan fingerprint density at radius 1 is 1.62 bits per heavy atom. The average Bonchev–Trinajstić information content (AvgIpc) is 2.46. The maximum atomic E-state index is 8.18. The fraction of sp³-hybridized carbons (Fsp3) is 1.00. The highest BCUT2D eigenvalue weighted by Crippen LogP contribution is 2.68. The molecule has 2 aliphatic rings. The molecule has 0 radical (unpaired) electrons. The summed E-state index contributed by atoms with van der Waals surface area (Å²) in [7, 11) is 0. The molecule has 0 amide bonds. The molecule has 4 nitrogen and oxygen atoms in total. The van der Waals surface area contributed by atoms with Gasteiger partial charge in [0.25, 0.3) is 0 Å². The zero-order valence-electron chi connectivity index (χ0n) is 8.16. The van der Waals surface area contributed by atoms with E-state index < -0.39 is 0 Å². The molecule has 1 spiro atoms. The van der Waals surface area contributed by atoms with Gasteiger partial charge in [-0.3, -0.25) is 0 Å². The molecule has 2 fully saturated rings. The van der Waals surface area contributed by atoms with Gasteiger partial charge in [0.15, 0.2) is 0 Å². The van der Waals surface area contributed by atoms with Crippen LogP contribution in [0.15, 0.2) is 5.11 Å². The maximum Gasteiger partial charge on any atom is 0.0638 e. The summed E-state index contributed by atoms with van der Waals surface area (Å²) >= 11 is 0. The Labute approximate surface area is 77.9 Å². The molecule has 4 heteroatoms. The minimum Gasteiger partial charge on any atom is -0.377 e. The third kappa shape index (κ3) is 1.30. The van der Waals surface area contributed by atoms with Crippen LogP contribution in [0, 0.1) is 10.8 Å². The standard InChI is InChI=1S/C9H15N3O/c1-8(2)5-9(8)3-7(13-6-9)4-11-12-10/h7H,3-6H2,1-2H3/t7-,9+/m1/s1. The van der Waals surface area contributed by atoms with Gasteiger partial charge in [-0.1, -0.05) is 19.0 Å². The summed E-state index contributed by atoms with van der Waals surface area (Å²) in [5.41, 5.74) is 9.03. The monoisotopic (exact) mass is 181 g/mol. The van der Waals surface area contributed by atoms with E-state index in [1.54, 1.807) is 0 Å². The quantitative estimate of drug-likeness (QED) is 0.367. The predicted octanol–water partition coefficient (Wildman–Crippen LogP) is 2.50. The molecule has 2 atom stereocenters. The second-order valence-corrected chi connectivity index (χ2v) is 4.89. The highest BCUT2D eigenvalue weighted by molar-refractivity contribution is 5.12. The van der Waals surface area contributed by atoms with Gasteiger partial charge < -0.3 is 4.74 Å². The third-order valence-electron chi connectivity index (χ3n) is 3.65. The molecule has 0 aromatic carbocycles. The summed E-state index contributed by atoms with van der Waals surface area (Å²) in [6.07, 6.45) is 2.49. The lowest BCUT2D eigenvalue weighted by molar-refractivity contribution is 0.108. The molecular weight excluding hydrogens is 166 g/mol. The van der Waals surface area contributed by atoms with Crippen LogP contribution in [0.25, 0.3) is 10.4 Å². The van der Waals surface area contributed by atoms with Crippen molar-refractivity contribution in [2.45, 2.75) is 32.8 Å². The molecule has 1 saturated heterocycles. The molecule has 0 aromatic heterocycles. The van der Waals surface area contributed by atoms with E-state index >= 15 is 0 Å². The zero-order chi connectivity index (χ0) is 9.53. The summed E-state index contributed by atoms with van der Waals surface area (Å²) < 4.78 is 5.60. The van der Waals surface area contributed by atoms with Crippen LogP contribution in [0.5, 0.6) is 0 Å². The Morgan fingerprint density at radius 3 is 2.77 bits per heavy atom. The first-order valence-corrected chi connectivity index (χ1v) is 4.72. The van der Waals surface area contributed by atoms with E-state index in [0.29, 0.717) is 17.4 Å². The molecule has 1 saturated carbocycles. The molecule has 1 aliphatic heterocycles. The van der Waals surface area contributed by atoms with Crippen LogP contribution in [0.4, 0.5) is 0 Å². The Kier molecular flexibility index (Phi) is 1.79. The van der Waals surface area contributed by atoms with Crippen molar-refractivity contribution in [2.24, 2.45) is 15.9 Å². The van der Waals surface area contributed by atoms with Crippen molar-refractivity contribution in [3.8, 4) is 0 Å². The number of azide groups is 1. The number of nitrogens with zero attached hydrogens (tertiary/aromatic N) is 3. The van der Waals surface area contributed by atoms with Crippen molar-refractivity contribution in [2.75, 3.05) is 13.2 Å². The van der Waals surface area contributed by atoms with E-state index in [1.165, 1.54) is 6.42 Å². The van der Waals surface area contributed by atoms with Gasteiger partial charge in [-0.2, -0.15) is 0 Å². The van der Waals surface area contributed by atoms with Gasteiger partial charge in [0, 0.05) is 10.3 Å². The Balaban J connectivity index is 1.92. The molecule has 1 heterocycles. The Morgan fingerprint density at radius 2 is 2.31 bits per heavy atom. The van der Waals surface area contributed by atoms with Crippen LogP contribution in [-0.2, 0) is 4.74 Å². The van der Waals surface area contributed by atoms with Gasteiger partial charge in [0.2, 0.25) is 0 Å². The maximum absolute atomic E-state index is 8.18. The lowest BCUT2D eigenvalue weighted by atomic mass is 9.93. The number of hydrogen-bond donors (Lipinski definition) is 0. The molecule has 13 heavy (non-hydrogen) atoms. The van der Waals surface area contributed by atoms with Crippen molar-refractivity contribution in [3.05, 3.63) is 10.4 Å². The van der Waals surface area contributed by atoms with Gasteiger partial charge in [0.05, 0.1) is 19.3 Å². The van der Waals surface area contributed by atoms with E-state index in [-0.39, 0.29) is 6.10 Å². The molecule has 2 rings (SSSR count). The lowest BCUT2D eigenvalue weighted by Gasteiger charge is -2.09. The van der Waals surface area contributed by atoms with Crippen LogP contribution in [0.1, 0.15) is 26.7 Å². The summed E-state index contributed by atoms with van der Waals surface area (Å²) in [4.78, 5) is 2.75. The lowest BCUT2D eigenvalue weighted by Crippen LogP contribution is -2.10. The fourth-order valence-electron chi connectivity index (χ4n) is 2.47. The van der Waals surface area contributed by atoms with Crippen molar-refractivity contribution in [1.29, 1.82) is 0 Å². The Bertz CT molecular complexity index is 270. The van der Waals surface area contributed by atoms with Crippen molar-refractivity contribution >= 4 is 0 Å². The summed E-state index contributed by atoms with van der Waals surface area (Å²) in [6, 6.07) is 0. The minimum absolute atomic E-state index is 0.165. The van der Waals surface area contributed by atoms with Crippen LogP contribution in [0.2, 0.25) is 0 Å². The number of hydrogen-bond acceptors (Lipinski definition) is 2. The van der Waals surface area contributed by atoms with E-state index in [4.69, 9.17) is 10.3 Å². The van der Waals surface area contributed by atoms with E-state index in [1.807, 2.05) is 0 Å². The summed E-state index contributed by atoms with van der Waals surface area (Å²) in [6.45, 7) is 5.92. The number of ether oxygens (including phenoxy) is 1. The number of rotatable bonds is 2. The fourth-order valence-corrected chi connectivity index (χ4v) is 2.47. The Hall–Kier alpha value is -0.730. The molecule has 1 aliphatic carbocycles. The largest absolute Gasteiger partial charge is 0.377 e. The molecular formula is C9H15N3O. The second kappa shape index (κ2) is 2.63. The average molecular weight is 181 g/mol. The SMILES string of the molecule is CC1(C)C[C@@]12CO[C@@H](CN=[N+]=[N-])C2. The highest BCUT2D eigenvalue weighted by Gasteiger charge is 2.64. The van der Waals surface area contributed by atoms with Gasteiger partial charge in [-0.05, 0) is 23.8 Å². The van der Waals surface area contributed by atoms with Crippen LogP contribution in [-0.4, -0.2) is 19.3 Å². The van der Waals surface area contributed by atoms with Gasteiger partial charge >= 0.3 is 0 Å². The van der Waals surface area contributed by atoms with Crippen LogP contribution >= 0.6 is 0 Å². The minimum atomic E-state index is 0.165. The summed E-state index contributed by atoms with van der Waals surface area (Å²) in [5, 5.41) is 3.55. The molecule has 0 unspecified atom stereocenters. The van der Waals surface area contributed by atoms with Gasteiger partial charge in [-0.15, -0.1) is 0 Å². The highest BCUT2D eigenvalue weighted by atomic mass is 16.5. The topological polar surface area (TPSA) is 58.0 Å². The predicted molar refractivity (Wildman–Crippen MR) is 49.2 cm³/mol. The first kappa shape index (κ1) is 8.85. The van der Waals surface area contributed by atoms with E-state index in [2.05, 4.69) is 23.9 Å². The normalized spacial score (nSPS) is 40.3. The van der Waals surface area contributed by atoms with Gasteiger partial charge in [0.1, 0.15) is 0 Å². The van der Waals surface area contributed by atoms with Crippen molar-refractivity contribution < 1.29 is 4.74 Å². The molecule has 0 aromatic rings. The van der Waals surface area contributed by atoms with Crippen LogP contribution in [0.3, 0.4) is 0 Å². The zero-order valence-corrected chi connectivity index (χ0v) is 8.16. The van der Waals surface area contributed by atoms with E-state index in [9.17, 15) is 0 Å². The third-order valence-corrected chi connectivity index (χ3v) is 3.65. The first-order chi connectivity index (χ1) is 6.10.